The van der Waals surface area contributed by atoms with Crippen LogP contribution in [-0.2, 0) is 16.9 Å². The minimum atomic E-state index is -1.03. The highest BCUT2D eigenvalue weighted by Gasteiger charge is 2.53. The molecular weight excluding hydrogens is 386 g/mol. The van der Waals surface area contributed by atoms with Gasteiger partial charge in [-0.15, -0.1) is 0 Å². The molecule has 4 nitrogen and oxygen atoms in total. The third-order valence-electron chi connectivity index (χ3n) is 5.96. The molecule has 2 heterocycles. The van der Waals surface area contributed by atoms with Gasteiger partial charge in [0, 0.05) is 28.9 Å². The van der Waals surface area contributed by atoms with Gasteiger partial charge in [-0.3, -0.25) is 0 Å². The van der Waals surface area contributed by atoms with Gasteiger partial charge in [-0.2, -0.15) is 0 Å². The average molecular weight is 405 g/mol. The van der Waals surface area contributed by atoms with Gasteiger partial charge in [-0.05, 0) is 35.9 Å². The second-order valence-corrected chi connectivity index (χ2v) is 7.76. The Morgan fingerprint density at radius 2 is 1.42 bits per heavy atom. The van der Waals surface area contributed by atoms with Crippen molar-refractivity contribution in [3.63, 3.8) is 0 Å². The van der Waals surface area contributed by atoms with Crippen LogP contribution >= 0.6 is 0 Å². The molecule has 0 saturated carbocycles. The molecule has 1 N–H and O–H groups in total. The molecule has 0 fully saturated rings. The van der Waals surface area contributed by atoms with Gasteiger partial charge in [0.25, 0.3) is 0 Å². The third kappa shape index (κ3) is 2.65. The Morgan fingerprint density at radius 3 is 2.29 bits per heavy atom. The summed E-state index contributed by atoms with van der Waals surface area (Å²) in [7, 11) is 0. The van der Waals surface area contributed by atoms with E-state index in [4.69, 9.17) is 9.47 Å². The standard InChI is InChI=1S/C27H19NO3/c29-26-20-10-4-5-11-21(20)27(31-26)22-12-6-7-13-24(22)30-25-15-14-19(16-23(25)27)28-17-18-8-2-1-3-9-18/h1-16,28H,17H2. The minimum absolute atomic E-state index is 0.319. The molecule has 4 heteroatoms. The summed E-state index contributed by atoms with van der Waals surface area (Å²) in [6.45, 7) is 0.695. The molecule has 0 bridgehead atoms. The summed E-state index contributed by atoms with van der Waals surface area (Å²) in [4.78, 5) is 12.9. The Labute approximate surface area is 180 Å². The van der Waals surface area contributed by atoms with Crippen LogP contribution in [0.4, 0.5) is 5.69 Å². The Bertz CT molecular complexity index is 1320. The van der Waals surface area contributed by atoms with Crippen LogP contribution in [0.25, 0.3) is 0 Å². The molecule has 0 saturated heterocycles. The number of nitrogens with one attached hydrogen (secondary N) is 1. The largest absolute Gasteiger partial charge is 0.456 e. The van der Waals surface area contributed by atoms with Crippen LogP contribution in [0.5, 0.6) is 11.5 Å². The van der Waals surface area contributed by atoms with Crippen LogP contribution in [0.1, 0.15) is 32.6 Å². The highest BCUT2D eigenvalue weighted by molar-refractivity contribution is 5.97. The molecule has 6 rings (SSSR count). The first-order valence-corrected chi connectivity index (χ1v) is 10.3. The summed E-state index contributed by atoms with van der Waals surface area (Å²) < 4.78 is 12.4. The van der Waals surface area contributed by atoms with Crippen molar-refractivity contribution in [1.82, 2.24) is 0 Å². The van der Waals surface area contributed by atoms with Crippen LogP contribution in [0.2, 0.25) is 0 Å². The normalized spacial score (nSPS) is 17.9. The Balaban J connectivity index is 1.51. The van der Waals surface area contributed by atoms with Gasteiger partial charge in [-0.25, -0.2) is 4.79 Å². The van der Waals surface area contributed by atoms with Crippen molar-refractivity contribution in [3.05, 3.63) is 125 Å². The lowest BCUT2D eigenvalue weighted by molar-refractivity contribution is 0.0224. The number of benzene rings is 4. The second kappa shape index (κ2) is 6.74. The van der Waals surface area contributed by atoms with Crippen LogP contribution in [-0.4, -0.2) is 5.97 Å². The summed E-state index contributed by atoms with van der Waals surface area (Å²) in [5, 5.41) is 3.48. The molecule has 2 aliphatic heterocycles. The molecule has 0 aliphatic carbocycles. The lowest BCUT2D eigenvalue weighted by Crippen LogP contribution is -2.33. The molecular formula is C27H19NO3. The van der Waals surface area contributed by atoms with Crippen LogP contribution in [0, 0.1) is 0 Å². The SMILES string of the molecule is O=C1OC2(c3ccccc3Oc3ccc(NCc4ccccc4)cc32)c2ccccc21. The number of hydrogen-bond acceptors (Lipinski definition) is 4. The van der Waals surface area contributed by atoms with E-state index in [1.807, 2.05) is 84.9 Å². The molecule has 1 unspecified atom stereocenters. The van der Waals surface area contributed by atoms with Gasteiger partial charge in [0.1, 0.15) is 11.5 Å². The molecule has 31 heavy (non-hydrogen) atoms. The average Bonchev–Trinajstić information content (AvgIpc) is 3.12. The predicted molar refractivity (Wildman–Crippen MR) is 118 cm³/mol. The van der Waals surface area contributed by atoms with E-state index >= 15 is 0 Å². The zero-order valence-electron chi connectivity index (χ0n) is 16.7. The summed E-state index contributed by atoms with van der Waals surface area (Å²) in [6.07, 6.45) is 0. The zero-order valence-corrected chi connectivity index (χ0v) is 16.7. The van der Waals surface area contributed by atoms with Gasteiger partial charge < -0.3 is 14.8 Å². The zero-order chi connectivity index (χ0) is 20.8. The van der Waals surface area contributed by atoms with Crippen molar-refractivity contribution in [1.29, 1.82) is 0 Å². The molecule has 1 atom stereocenters. The molecule has 4 aromatic rings. The molecule has 150 valence electrons. The number of esters is 1. The number of para-hydroxylation sites is 1. The fraction of sp³-hybridized carbons (Fsp3) is 0.0741. The molecule has 0 radical (unpaired) electrons. The second-order valence-electron chi connectivity index (χ2n) is 7.76. The van der Waals surface area contributed by atoms with E-state index < -0.39 is 5.60 Å². The Kier molecular flexibility index (Phi) is 3.87. The summed E-state index contributed by atoms with van der Waals surface area (Å²) >= 11 is 0. The van der Waals surface area contributed by atoms with Crippen molar-refractivity contribution in [2.45, 2.75) is 12.1 Å². The first-order valence-electron chi connectivity index (χ1n) is 10.3. The van der Waals surface area contributed by atoms with E-state index in [-0.39, 0.29) is 5.97 Å². The summed E-state index contributed by atoms with van der Waals surface area (Å²) in [6, 6.07) is 31.5. The predicted octanol–water partition coefficient (Wildman–Crippen LogP) is 5.87. The summed E-state index contributed by atoms with van der Waals surface area (Å²) in [5.74, 6) is 1.07. The van der Waals surface area contributed by atoms with Gasteiger partial charge in [-0.1, -0.05) is 66.7 Å². The van der Waals surface area contributed by atoms with Crippen molar-refractivity contribution in [2.24, 2.45) is 0 Å². The minimum Gasteiger partial charge on any atom is -0.456 e. The topological polar surface area (TPSA) is 47.6 Å². The first-order chi connectivity index (χ1) is 15.3. The number of anilines is 1. The number of rotatable bonds is 3. The number of carbonyl (C=O) groups is 1. The maximum atomic E-state index is 12.9. The molecule has 4 aromatic carbocycles. The molecule has 0 aromatic heterocycles. The smallest absolute Gasteiger partial charge is 0.340 e. The van der Waals surface area contributed by atoms with Gasteiger partial charge in [0.05, 0.1) is 5.56 Å². The van der Waals surface area contributed by atoms with E-state index in [0.29, 0.717) is 23.6 Å². The molecule has 1 spiro atoms. The van der Waals surface area contributed by atoms with Crippen LogP contribution < -0.4 is 10.1 Å². The van der Waals surface area contributed by atoms with Crippen LogP contribution in [0.3, 0.4) is 0 Å². The highest BCUT2D eigenvalue weighted by atomic mass is 16.6. The van der Waals surface area contributed by atoms with Crippen LogP contribution in [0.15, 0.2) is 97.1 Å². The van der Waals surface area contributed by atoms with Crippen molar-refractivity contribution in [2.75, 3.05) is 5.32 Å². The van der Waals surface area contributed by atoms with E-state index in [9.17, 15) is 4.79 Å². The molecule has 0 amide bonds. The first kappa shape index (κ1) is 17.8. The van der Waals surface area contributed by atoms with Crippen molar-refractivity contribution < 1.29 is 14.3 Å². The lowest BCUT2D eigenvalue weighted by atomic mass is 9.77. The Hall–Kier alpha value is -4.05. The number of fused-ring (bicyclic) bond motifs is 6. The highest BCUT2D eigenvalue weighted by Crippen LogP contribution is 2.56. The van der Waals surface area contributed by atoms with E-state index in [1.165, 1.54) is 5.56 Å². The van der Waals surface area contributed by atoms with E-state index in [0.717, 1.165) is 22.4 Å². The van der Waals surface area contributed by atoms with Gasteiger partial charge >= 0.3 is 5.97 Å². The Morgan fingerprint density at radius 1 is 0.710 bits per heavy atom. The van der Waals surface area contributed by atoms with Gasteiger partial charge in [0.15, 0.2) is 5.60 Å². The number of carbonyl (C=O) groups excluding carboxylic acids is 1. The fourth-order valence-corrected chi connectivity index (χ4v) is 4.53. The quantitative estimate of drug-likeness (QED) is 0.433. The maximum absolute atomic E-state index is 12.9. The number of hydrogen-bond donors (Lipinski definition) is 1. The fourth-order valence-electron chi connectivity index (χ4n) is 4.53. The third-order valence-corrected chi connectivity index (χ3v) is 5.96. The monoisotopic (exact) mass is 405 g/mol. The lowest BCUT2D eigenvalue weighted by Gasteiger charge is -2.36. The van der Waals surface area contributed by atoms with Crippen molar-refractivity contribution in [3.8, 4) is 11.5 Å². The number of ether oxygens (including phenoxy) is 2. The summed E-state index contributed by atoms with van der Waals surface area (Å²) in [5.41, 5.74) is 4.19. The molecule has 2 aliphatic rings. The van der Waals surface area contributed by atoms with Gasteiger partial charge in [0.2, 0.25) is 0 Å². The maximum Gasteiger partial charge on any atom is 0.340 e. The van der Waals surface area contributed by atoms with E-state index in [2.05, 4.69) is 17.4 Å². The van der Waals surface area contributed by atoms with E-state index in [1.54, 1.807) is 0 Å². The van der Waals surface area contributed by atoms with Crippen molar-refractivity contribution >= 4 is 11.7 Å².